The summed E-state index contributed by atoms with van der Waals surface area (Å²) < 4.78 is 0. The number of hydrogen-bond donors (Lipinski definition) is 4. The Labute approximate surface area is 153 Å². The number of hydrogen-bond acceptors (Lipinski definition) is 5. The number of halogens is 1. The molecule has 0 aromatic heterocycles. The van der Waals surface area contributed by atoms with E-state index in [1.54, 1.807) is 24.3 Å². The molecule has 1 aromatic carbocycles. The van der Waals surface area contributed by atoms with Crippen molar-refractivity contribution in [3.05, 3.63) is 35.4 Å². The van der Waals surface area contributed by atoms with Gasteiger partial charge in [-0.05, 0) is 24.5 Å². The molecular formula is C16H25ClN4O4. The molecule has 0 saturated heterocycles. The van der Waals surface area contributed by atoms with Crippen LogP contribution in [-0.2, 0) is 20.8 Å². The first-order valence-electron chi connectivity index (χ1n) is 6.97. The molecule has 0 saturated carbocycles. The van der Waals surface area contributed by atoms with Crippen LogP contribution in [0.15, 0.2) is 29.4 Å². The summed E-state index contributed by atoms with van der Waals surface area (Å²) in [5.41, 5.74) is 9.67. The quantitative estimate of drug-likeness (QED) is 0.412. The predicted molar refractivity (Wildman–Crippen MR) is 98.8 cm³/mol. The Bertz CT molecular complexity index is 605. The zero-order valence-corrected chi connectivity index (χ0v) is 14.2. The smallest absolute Gasteiger partial charge is 0.325 e. The van der Waals surface area contributed by atoms with Gasteiger partial charge in [-0.1, -0.05) is 31.7 Å². The first kappa shape index (κ1) is 24.8. The van der Waals surface area contributed by atoms with Crippen molar-refractivity contribution in [1.82, 2.24) is 10.7 Å². The largest absolute Gasteiger partial charge is 0.480 e. The van der Waals surface area contributed by atoms with Crippen molar-refractivity contribution in [2.45, 2.75) is 39.8 Å². The van der Waals surface area contributed by atoms with Crippen LogP contribution in [0.25, 0.3) is 0 Å². The average molecular weight is 373 g/mol. The van der Waals surface area contributed by atoms with Crippen LogP contribution in [0.4, 0.5) is 0 Å². The van der Waals surface area contributed by atoms with Crippen molar-refractivity contribution in [1.29, 1.82) is 0 Å². The van der Waals surface area contributed by atoms with E-state index >= 15 is 0 Å². The summed E-state index contributed by atoms with van der Waals surface area (Å²) in [5.74, 6) is -1.89. The molecule has 1 aromatic rings. The highest BCUT2D eigenvalue weighted by Crippen LogP contribution is 2.05. The van der Waals surface area contributed by atoms with Gasteiger partial charge in [0.2, 0.25) is 11.8 Å². The number of amides is 2. The van der Waals surface area contributed by atoms with Gasteiger partial charge in [-0.3, -0.25) is 14.4 Å². The van der Waals surface area contributed by atoms with Crippen LogP contribution in [0.5, 0.6) is 0 Å². The van der Waals surface area contributed by atoms with E-state index in [0.717, 1.165) is 11.1 Å². The third-order valence-electron chi connectivity index (χ3n) is 2.94. The van der Waals surface area contributed by atoms with Crippen LogP contribution in [-0.4, -0.2) is 41.2 Å². The third-order valence-corrected chi connectivity index (χ3v) is 2.94. The van der Waals surface area contributed by atoms with Crippen molar-refractivity contribution in [2.75, 3.05) is 0 Å². The van der Waals surface area contributed by atoms with E-state index in [9.17, 15) is 14.4 Å². The number of hydrazone groups is 1. The van der Waals surface area contributed by atoms with Gasteiger partial charge in [0, 0.05) is 6.92 Å². The number of benzene rings is 1. The molecule has 5 N–H and O–H groups in total. The van der Waals surface area contributed by atoms with Crippen LogP contribution in [0, 0.1) is 0 Å². The topological polar surface area (TPSA) is 134 Å². The summed E-state index contributed by atoms with van der Waals surface area (Å²) in [6, 6.07) is 5.28. The molecule has 2 atom stereocenters. The van der Waals surface area contributed by atoms with E-state index in [4.69, 9.17) is 10.8 Å². The number of nitrogens with zero attached hydrogens (tertiary/aromatic N) is 1. The van der Waals surface area contributed by atoms with E-state index in [1.807, 2.05) is 0 Å². The van der Waals surface area contributed by atoms with Crippen molar-refractivity contribution in [2.24, 2.45) is 10.8 Å². The molecule has 0 fully saturated rings. The van der Waals surface area contributed by atoms with Crippen LogP contribution < -0.4 is 16.5 Å². The van der Waals surface area contributed by atoms with E-state index in [0.29, 0.717) is 0 Å². The van der Waals surface area contributed by atoms with Crippen LogP contribution in [0.3, 0.4) is 0 Å². The van der Waals surface area contributed by atoms with Gasteiger partial charge in [0.15, 0.2) is 0 Å². The van der Waals surface area contributed by atoms with Crippen LogP contribution in [0.1, 0.15) is 32.4 Å². The predicted octanol–water partition coefficient (Wildman–Crippen LogP) is 0.674. The normalized spacial score (nSPS) is 12.3. The fourth-order valence-corrected chi connectivity index (χ4v) is 1.67. The molecule has 0 bridgehead atoms. The van der Waals surface area contributed by atoms with Crippen molar-refractivity contribution in [3.8, 4) is 0 Å². The molecule has 140 valence electrons. The molecule has 8 nitrogen and oxygen atoms in total. The van der Waals surface area contributed by atoms with E-state index < -0.39 is 24.0 Å². The summed E-state index contributed by atoms with van der Waals surface area (Å²) >= 11 is 0. The third kappa shape index (κ3) is 9.43. The molecule has 9 heteroatoms. The van der Waals surface area contributed by atoms with E-state index in [1.165, 1.54) is 20.1 Å². The van der Waals surface area contributed by atoms with Crippen molar-refractivity contribution < 1.29 is 19.5 Å². The van der Waals surface area contributed by atoms with Gasteiger partial charge in [-0.2, -0.15) is 5.10 Å². The molecule has 0 spiro atoms. The summed E-state index contributed by atoms with van der Waals surface area (Å²) in [7, 11) is 0. The second kappa shape index (κ2) is 12.0. The molecule has 0 aliphatic rings. The number of carbonyl (C=O) groups excluding carboxylic acids is 2. The number of carboxylic acids is 1. The SMILES string of the molecule is C.CC(=O)N/N=C/c1ccc(CC(N)C(=O)NC(C)C(=O)O)cc1.Cl. The molecule has 2 amide bonds. The van der Waals surface area contributed by atoms with Gasteiger partial charge in [0.25, 0.3) is 0 Å². The minimum Gasteiger partial charge on any atom is -0.480 e. The lowest BCUT2D eigenvalue weighted by molar-refractivity contribution is -0.141. The maximum absolute atomic E-state index is 11.8. The highest BCUT2D eigenvalue weighted by atomic mass is 35.5. The standard InChI is InChI=1S/C15H20N4O4.CH4.ClH/c1-9(15(22)23)18-14(21)13(16)7-11-3-5-12(6-4-11)8-17-19-10(2)20;;/h3-6,8-9,13H,7,16H2,1-2H3,(H,18,21)(H,19,20)(H,22,23);1H4;1H/b17-8+;;. The molecular weight excluding hydrogens is 348 g/mol. The lowest BCUT2D eigenvalue weighted by Gasteiger charge is -2.14. The summed E-state index contributed by atoms with van der Waals surface area (Å²) in [5, 5.41) is 14.8. The Morgan fingerprint density at radius 1 is 1.28 bits per heavy atom. The Balaban J connectivity index is 0. The number of carboxylic acid groups (broad SMARTS) is 1. The van der Waals surface area contributed by atoms with Gasteiger partial charge in [-0.15, -0.1) is 12.4 Å². The molecule has 0 aliphatic carbocycles. The fraction of sp³-hybridized carbons (Fsp3) is 0.375. The Kier molecular flexibility index (Phi) is 11.9. The van der Waals surface area contributed by atoms with Gasteiger partial charge >= 0.3 is 5.97 Å². The summed E-state index contributed by atoms with van der Waals surface area (Å²) in [4.78, 5) is 33.1. The zero-order chi connectivity index (χ0) is 17.4. The molecule has 0 aliphatic heterocycles. The maximum atomic E-state index is 11.8. The van der Waals surface area contributed by atoms with Crippen molar-refractivity contribution >= 4 is 36.4 Å². The number of carbonyl (C=O) groups is 3. The van der Waals surface area contributed by atoms with Crippen molar-refractivity contribution in [3.63, 3.8) is 0 Å². The molecule has 2 unspecified atom stereocenters. The van der Waals surface area contributed by atoms with E-state index in [-0.39, 0.29) is 32.2 Å². The van der Waals surface area contributed by atoms with E-state index in [2.05, 4.69) is 15.8 Å². The van der Waals surface area contributed by atoms with Gasteiger partial charge in [-0.25, -0.2) is 5.43 Å². The van der Waals surface area contributed by atoms with Gasteiger partial charge < -0.3 is 16.2 Å². The fourth-order valence-electron chi connectivity index (χ4n) is 1.67. The minimum atomic E-state index is -1.12. The Morgan fingerprint density at radius 2 is 1.84 bits per heavy atom. The van der Waals surface area contributed by atoms with Crippen LogP contribution in [0.2, 0.25) is 0 Å². The lowest BCUT2D eigenvalue weighted by atomic mass is 10.0. The number of rotatable bonds is 7. The molecule has 0 heterocycles. The number of nitrogens with two attached hydrogens (primary N) is 1. The molecule has 0 radical (unpaired) electrons. The van der Waals surface area contributed by atoms with Gasteiger partial charge in [0.05, 0.1) is 12.3 Å². The number of nitrogens with one attached hydrogen (secondary N) is 2. The molecule has 1 rings (SSSR count). The van der Waals surface area contributed by atoms with Gasteiger partial charge in [0.1, 0.15) is 6.04 Å². The monoisotopic (exact) mass is 372 g/mol. The average Bonchev–Trinajstić information content (AvgIpc) is 2.48. The summed E-state index contributed by atoms with van der Waals surface area (Å²) in [6.07, 6.45) is 1.77. The molecule has 25 heavy (non-hydrogen) atoms. The number of aliphatic carboxylic acids is 1. The lowest BCUT2D eigenvalue weighted by Crippen LogP contribution is -2.48. The highest BCUT2D eigenvalue weighted by Gasteiger charge is 2.19. The minimum absolute atomic E-state index is 0. The summed E-state index contributed by atoms with van der Waals surface area (Å²) in [6.45, 7) is 2.73. The first-order chi connectivity index (χ1) is 10.8. The first-order valence-corrected chi connectivity index (χ1v) is 6.97. The maximum Gasteiger partial charge on any atom is 0.325 e. The second-order valence-corrected chi connectivity index (χ2v) is 5.05. The Morgan fingerprint density at radius 3 is 2.32 bits per heavy atom. The highest BCUT2D eigenvalue weighted by molar-refractivity contribution is 5.87. The van der Waals surface area contributed by atoms with Crippen LogP contribution >= 0.6 is 12.4 Å². The Hall–Kier alpha value is -2.45. The zero-order valence-electron chi connectivity index (χ0n) is 13.4. The second-order valence-electron chi connectivity index (χ2n) is 5.05.